The Kier molecular flexibility index (Phi) is 5.01. The van der Waals surface area contributed by atoms with E-state index in [0.717, 1.165) is 12.1 Å². The van der Waals surface area contributed by atoms with Crippen LogP contribution >= 0.6 is 0 Å². The first-order chi connectivity index (χ1) is 9.58. The maximum absolute atomic E-state index is 12.2. The first-order valence-electron chi connectivity index (χ1n) is 7.43. The molecule has 1 saturated heterocycles. The van der Waals surface area contributed by atoms with E-state index >= 15 is 0 Å². The Bertz CT molecular complexity index is 447. The van der Waals surface area contributed by atoms with Gasteiger partial charge in [0, 0.05) is 18.8 Å². The molecule has 1 aliphatic heterocycles. The van der Waals surface area contributed by atoms with Gasteiger partial charge in [0.05, 0.1) is 5.56 Å². The average molecular weight is 275 g/mol. The van der Waals surface area contributed by atoms with Gasteiger partial charge in [0.15, 0.2) is 0 Å². The third-order valence-corrected chi connectivity index (χ3v) is 3.91. The minimum Gasteiger partial charge on any atom is -0.398 e. The lowest BCUT2D eigenvalue weighted by atomic mass is 10.1. The molecule has 0 radical (unpaired) electrons. The summed E-state index contributed by atoms with van der Waals surface area (Å²) >= 11 is 0. The van der Waals surface area contributed by atoms with Crippen molar-refractivity contribution in [3.05, 3.63) is 29.3 Å². The summed E-state index contributed by atoms with van der Waals surface area (Å²) in [4.78, 5) is 14.7. The Morgan fingerprint density at radius 1 is 1.40 bits per heavy atom. The second-order valence-corrected chi connectivity index (χ2v) is 5.86. The molecular weight excluding hydrogens is 250 g/mol. The number of anilines is 1. The zero-order chi connectivity index (χ0) is 14.5. The first-order valence-corrected chi connectivity index (χ1v) is 7.43. The van der Waals surface area contributed by atoms with Gasteiger partial charge < -0.3 is 16.0 Å². The van der Waals surface area contributed by atoms with E-state index in [-0.39, 0.29) is 5.91 Å². The number of hydrogen-bond acceptors (Lipinski definition) is 3. The number of amides is 1. The molecule has 1 aromatic carbocycles. The third kappa shape index (κ3) is 3.73. The van der Waals surface area contributed by atoms with Crippen molar-refractivity contribution in [1.82, 2.24) is 10.2 Å². The van der Waals surface area contributed by atoms with Gasteiger partial charge in [-0.1, -0.05) is 19.1 Å². The van der Waals surface area contributed by atoms with Gasteiger partial charge in [0.25, 0.3) is 5.91 Å². The number of nitrogen functional groups attached to an aromatic ring is 1. The van der Waals surface area contributed by atoms with Gasteiger partial charge in [-0.05, 0) is 50.4 Å². The molecule has 1 atom stereocenters. The predicted molar refractivity (Wildman–Crippen MR) is 82.8 cm³/mol. The number of benzene rings is 1. The summed E-state index contributed by atoms with van der Waals surface area (Å²) in [5, 5.41) is 3.01. The van der Waals surface area contributed by atoms with Gasteiger partial charge in [-0.25, -0.2) is 0 Å². The van der Waals surface area contributed by atoms with E-state index in [1.165, 1.54) is 25.9 Å². The molecule has 0 spiro atoms. The van der Waals surface area contributed by atoms with Crippen LogP contribution in [0.2, 0.25) is 0 Å². The van der Waals surface area contributed by atoms with Crippen molar-refractivity contribution >= 4 is 11.6 Å². The van der Waals surface area contributed by atoms with Gasteiger partial charge in [0.2, 0.25) is 0 Å². The molecule has 0 saturated carbocycles. The SMILES string of the molecule is Cc1cccc(N)c1C(=O)NCC(C)CN1CCCC1. The predicted octanol–water partition coefficient (Wildman–Crippen LogP) is 2.04. The van der Waals surface area contributed by atoms with E-state index in [1.54, 1.807) is 6.07 Å². The minimum atomic E-state index is -0.0612. The van der Waals surface area contributed by atoms with E-state index < -0.39 is 0 Å². The van der Waals surface area contributed by atoms with Gasteiger partial charge >= 0.3 is 0 Å². The van der Waals surface area contributed by atoms with Crippen molar-refractivity contribution in [1.29, 1.82) is 0 Å². The molecule has 1 heterocycles. The fraction of sp³-hybridized carbons (Fsp3) is 0.562. The van der Waals surface area contributed by atoms with E-state index in [1.807, 2.05) is 19.1 Å². The number of likely N-dealkylation sites (tertiary alicyclic amines) is 1. The molecule has 0 aliphatic carbocycles. The van der Waals surface area contributed by atoms with E-state index in [9.17, 15) is 4.79 Å². The van der Waals surface area contributed by atoms with Gasteiger partial charge in [0.1, 0.15) is 0 Å². The molecule has 20 heavy (non-hydrogen) atoms. The molecule has 1 aromatic rings. The van der Waals surface area contributed by atoms with Crippen molar-refractivity contribution in [2.24, 2.45) is 5.92 Å². The Morgan fingerprint density at radius 2 is 2.10 bits per heavy atom. The quantitative estimate of drug-likeness (QED) is 0.809. The van der Waals surface area contributed by atoms with Crippen LogP contribution in [0.25, 0.3) is 0 Å². The van der Waals surface area contributed by atoms with Gasteiger partial charge in [-0.2, -0.15) is 0 Å². The fourth-order valence-corrected chi connectivity index (χ4v) is 2.83. The number of nitrogens with two attached hydrogens (primary N) is 1. The maximum atomic E-state index is 12.2. The Balaban J connectivity index is 1.85. The number of hydrogen-bond donors (Lipinski definition) is 2. The summed E-state index contributed by atoms with van der Waals surface area (Å²) in [5.41, 5.74) is 7.98. The minimum absolute atomic E-state index is 0.0612. The highest BCUT2D eigenvalue weighted by molar-refractivity contribution is 6.00. The van der Waals surface area contributed by atoms with E-state index in [2.05, 4.69) is 17.1 Å². The number of nitrogens with one attached hydrogen (secondary N) is 1. The Labute approximate surface area is 121 Å². The summed E-state index contributed by atoms with van der Waals surface area (Å²) < 4.78 is 0. The summed E-state index contributed by atoms with van der Waals surface area (Å²) in [7, 11) is 0. The number of nitrogens with zero attached hydrogens (tertiary/aromatic N) is 1. The number of carbonyl (C=O) groups is 1. The van der Waals surface area contributed by atoms with Gasteiger partial charge in [-0.15, -0.1) is 0 Å². The summed E-state index contributed by atoms with van der Waals surface area (Å²) in [6.45, 7) is 8.25. The van der Waals surface area contributed by atoms with Crippen LogP contribution in [0.5, 0.6) is 0 Å². The smallest absolute Gasteiger partial charge is 0.253 e. The fourth-order valence-electron chi connectivity index (χ4n) is 2.83. The van der Waals surface area contributed by atoms with Crippen LogP contribution in [0.1, 0.15) is 35.7 Å². The van der Waals surface area contributed by atoms with Crippen LogP contribution in [0, 0.1) is 12.8 Å². The zero-order valence-corrected chi connectivity index (χ0v) is 12.5. The van der Waals surface area contributed by atoms with E-state index in [0.29, 0.717) is 23.7 Å². The van der Waals surface area contributed by atoms with Crippen molar-refractivity contribution in [3.8, 4) is 0 Å². The van der Waals surface area contributed by atoms with Crippen LogP contribution in [-0.4, -0.2) is 37.0 Å². The lowest BCUT2D eigenvalue weighted by Gasteiger charge is -2.20. The second kappa shape index (κ2) is 6.75. The number of carbonyl (C=O) groups excluding carboxylic acids is 1. The van der Waals surface area contributed by atoms with Crippen molar-refractivity contribution < 1.29 is 4.79 Å². The zero-order valence-electron chi connectivity index (χ0n) is 12.5. The Morgan fingerprint density at radius 3 is 2.75 bits per heavy atom. The van der Waals surface area contributed by atoms with Crippen molar-refractivity contribution in [3.63, 3.8) is 0 Å². The molecule has 1 fully saturated rings. The standard InChI is InChI=1S/C16H25N3O/c1-12(11-19-8-3-4-9-19)10-18-16(20)15-13(2)6-5-7-14(15)17/h5-7,12H,3-4,8-11,17H2,1-2H3,(H,18,20). The van der Waals surface area contributed by atoms with Crippen LogP contribution in [0.15, 0.2) is 18.2 Å². The Hall–Kier alpha value is -1.55. The molecule has 2 rings (SSSR count). The summed E-state index contributed by atoms with van der Waals surface area (Å²) in [6.07, 6.45) is 2.61. The highest BCUT2D eigenvalue weighted by atomic mass is 16.1. The maximum Gasteiger partial charge on any atom is 0.253 e. The molecule has 1 aliphatic rings. The normalized spacial score (nSPS) is 17.1. The molecule has 1 unspecified atom stereocenters. The van der Waals surface area contributed by atoms with Crippen LogP contribution in [-0.2, 0) is 0 Å². The van der Waals surface area contributed by atoms with Crippen LogP contribution in [0.3, 0.4) is 0 Å². The highest BCUT2D eigenvalue weighted by Crippen LogP contribution is 2.16. The molecule has 0 bridgehead atoms. The van der Waals surface area contributed by atoms with Crippen molar-refractivity contribution in [2.45, 2.75) is 26.7 Å². The van der Waals surface area contributed by atoms with Crippen LogP contribution < -0.4 is 11.1 Å². The van der Waals surface area contributed by atoms with E-state index in [4.69, 9.17) is 5.73 Å². The monoisotopic (exact) mass is 275 g/mol. The molecule has 1 amide bonds. The molecule has 0 aromatic heterocycles. The first kappa shape index (κ1) is 14.9. The second-order valence-electron chi connectivity index (χ2n) is 5.86. The number of aryl methyl sites for hydroxylation is 1. The van der Waals surface area contributed by atoms with Crippen molar-refractivity contribution in [2.75, 3.05) is 31.9 Å². The molecule has 4 heteroatoms. The molecule has 4 nitrogen and oxygen atoms in total. The lowest BCUT2D eigenvalue weighted by molar-refractivity contribution is 0.0945. The average Bonchev–Trinajstić information content (AvgIpc) is 2.89. The van der Waals surface area contributed by atoms with Crippen LogP contribution in [0.4, 0.5) is 5.69 Å². The highest BCUT2D eigenvalue weighted by Gasteiger charge is 2.16. The summed E-state index contributed by atoms with van der Waals surface area (Å²) in [5.74, 6) is 0.399. The van der Waals surface area contributed by atoms with Gasteiger partial charge in [-0.3, -0.25) is 4.79 Å². The largest absolute Gasteiger partial charge is 0.398 e. The third-order valence-electron chi connectivity index (χ3n) is 3.91. The molecule has 3 N–H and O–H groups in total. The number of rotatable bonds is 5. The topological polar surface area (TPSA) is 58.4 Å². The molecular formula is C16H25N3O. The molecule has 110 valence electrons. The summed E-state index contributed by atoms with van der Waals surface area (Å²) in [6, 6.07) is 5.56. The lowest BCUT2D eigenvalue weighted by Crippen LogP contribution is -2.35.